The van der Waals surface area contributed by atoms with Crippen molar-refractivity contribution in [1.29, 1.82) is 0 Å². The van der Waals surface area contributed by atoms with Crippen LogP contribution in [-0.4, -0.2) is 29.9 Å². The minimum atomic E-state index is 0.627. The van der Waals surface area contributed by atoms with Gasteiger partial charge in [-0.05, 0) is 11.6 Å². The zero-order valence-corrected chi connectivity index (χ0v) is 23.6. The molecule has 0 amide bonds. The summed E-state index contributed by atoms with van der Waals surface area (Å²) in [6.45, 7) is 0. The average Bonchev–Trinajstić information content (AvgIpc) is 3.47. The first-order valence-corrected chi connectivity index (χ1v) is 14.7. The third-order valence-corrected chi connectivity index (χ3v) is 8.44. The van der Waals surface area contributed by atoms with Gasteiger partial charge in [0.15, 0.2) is 17.5 Å². The van der Waals surface area contributed by atoms with Crippen LogP contribution in [0.1, 0.15) is 0 Å². The molecule has 0 spiro atoms. The van der Waals surface area contributed by atoms with Crippen molar-refractivity contribution in [2.24, 2.45) is 0 Å². The Morgan fingerprint density at radius 3 is 1.53 bits per heavy atom. The molecular formula is C36H22N6S. The molecule has 8 aromatic rings. The van der Waals surface area contributed by atoms with E-state index in [0.717, 1.165) is 59.5 Å². The zero-order chi connectivity index (χ0) is 28.6. The van der Waals surface area contributed by atoms with Gasteiger partial charge in [-0.25, -0.2) is 29.9 Å². The Morgan fingerprint density at radius 2 is 0.953 bits per heavy atom. The molecule has 4 aromatic carbocycles. The van der Waals surface area contributed by atoms with E-state index in [1.165, 1.54) is 0 Å². The van der Waals surface area contributed by atoms with E-state index in [-0.39, 0.29) is 0 Å². The summed E-state index contributed by atoms with van der Waals surface area (Å²) in [6.07, 6.45) is 3.56. The van der Waals surface area contributed by atoms with Crippen LogP contribution in [0.25, 0.3) is 77.0 Å². The minimum absolute atomic E-state index is 0.627. The highest BCUT2D eigenvalue weighted by atomic mass is 32.1. The lowest BCUT2D eigenvalue weighted by atomic mass is 10.0. The Balaban J connectivity index is 1.18. The van der Waals surface area contributed by atoms with Gasteiger partial charge in [0.05, 0.1) is 15.9 Å². The fourth-order valence-corrected chi connectivity index (χ4v) is 6.26. The lowest BCUT2D eigenvalue weighted by Crippen LogP contribution is -2.00. The van der Waals surface area contributed by atoms with Crippen LogP contribution in [0.2, 0.25) is 0 Å². The summed E-state index contributed by atoms with van der Waals surface area (Å²) >= 11 is 1.63. The zero-order valence-electron chi connectivity index (χ0n) is 22.8. The van der Waals surface area contributed by atoms with Gasteiger partial charge in [-0.3, -0.25) is 0 Å². The van der Waals surface area contributed by atoms with Gasteiger partial charge in [-0.1, -0.05) is 115 Å². The van der Waals surface area contributed by atoms with Crippen LogP contribution in [0.3, 0.4) is 0 Å². The molecule has 7 heteroatoms. The van der Waals surface area contributed by atoms with E-state index in [2.05, 4.69) is 52.4 Å². The molecule has 43 heavy (non-hydrogen) atoms. The van der Waals surface area contributed by atoms with E-state index in [4.69, 9.17) is 19.9 Å². The van der Waals surface area contributed by atoms with Crippen LogP contribution in [0, 0.1) is 0 Å². The quantitative estimate of drug-likeness (QED) is 0.206. The topological polar surface area (TPSA) is 77.3 Å². The Labute approximate surface area is 251 Å². The predicted octanol–water partition coefficient (Wildman–Crippen LogP) is 8.76. The van der Waals surface area contributed by atoms with Gasteiger partial charge in [0, 0.05) is 39.4 Å². The highest BCUT2D eigenvalue weighted by Gasteiger charge is 2.15. The first-order valence-electron chi connectivity index (χ1n) is 13.9. The molecule has 0 atom stereocenters. The number of nitrogens with zero attached hydrogens (tertiary/aromatic N) is 6. The third kappa shape index (κ3) is 4.71. The molecule has 0 aliphatic rings. The molecule has 202 valence electrons. The Morgan fingerprint density at radius 1 is 0.442 bits per heavy atom. The number of pyridine rings is 1. The number of thiophene rings is 1. The Hall–Kier alpha value is -5.66. The monoisotopic (exact) mass is 570 g/mol. The highest BCUT2D eigenvalue weighted by Crippen LogP contribution is 2.38. The molecule has 0 bridgehead atoms. The molecule has 0 aliphatic carbocycles. The highest BCUT2D eigenvalue weighted by molar-refractivity contribution is 7.25. The molecule has 4 heterocycles. The largest absolute Gasteiger partial charge is 0.245 e. The maximum Gasteiger partial charge on any atom is 0.164 e. The number of aromatic nitrogens is 6. The normalized spacial score (nSPS) is 11.3. The standard InChI is InChI=1S/C36H22N6S/c1-4-10-24(11-5-1)30-32-31(39-22-38-30)29-20-28(21-37-36(29)43-32)23-16-18-27(19-17-23)35-41-33(25-12-6-2-7-13-25)40-34(42-35)26-14-8-3-9-15-26/h1-22H. The van der Waals surface area contributed by atoms with Crippen LogP contribution in [0.5, 0.6) is 0 Å². The number of rotatable bonds is 5. The van der Waals surface area contributed by atoms with E-state index < -0.39 is 0 Å². The molecule has 4 aromatic heterocycles. The van der Waals surface area contributed by atoms with Crippen molar-refractivity contribution in [3.63, 3.8) is 0 Å². The number of hydrogen-bond donors (Lipinski definition) is 0. The Bertz CT molecular complexity index is 2160. The fourth-order valence-electron chi connectivity index (χ4n) is 5.17. The van der Waals surface area contributed by atoms with E-state index in [1.807, 2.05) is 85.1 Å². The van der Waals surface area contributed by atoms with Crippen LogP contribution in [0.15, 0.2) is 134 Å². The van der Waals surface area contributed by atoms with Gasteiger partial charge in [0.25, 0.3) is 0 Å². The van der Waals surface area contributed by atoms with E-state index in [0.29, 0.717) is 17.5 Å². The molecule has 0 radical (unpaired) electrons. The summed E-state index contributed by atoms with van der Waals surface area (Å²) in [5, 5.41) is 1.03. The van der Waals surface area contributed by atoms with Crippen molar-refractivity contribution in [3.05, 3.63) is 134 Å². The maximum absolute atomic E-state index is 4.86. The Kier molecular flexibility index (Phi) is 6.20. The van der Waals surface area contributed by atoms with Crippen LogP contribution < -0.4 is 0 Å². The second kappa shape index (κ2) is 10.6. The predicted molar refractivity (Wildman–Crippen MR) is 173 cm³/mol. The summed E-state index contributed by atoms with van der Waals surface area (Å²) in [6, 6.07) is 40.7. The van der Waals surface area contributed by atoms with Crippen molar-refractivity contribution in [2.45, 2.75) is 0 Å². The van der Waals surface area contributed by atoms with Gasteiger partial charge in [-0.15, -0.1) is 11.3 Å². The first kappa shape index (κ1) is 25.1. The number of fused-ring (bicyclic) bond motifs is 3. The average molecular weight is 571 g/mol. The molecule has 0 saturated heterocycles. The van der Waals surface area contributed by atoms with Crippen LogP contribution in [-0.2, 0) is 0 Å². The molecule has 0 unspecified atom stereocenters. The lowest BCUT2D eigenvalue weighted by molar-refractivity contribution is 1.07. The summed E-state index contributed by atoms with van der Waals surface area (Å²) in [4.78, 5) is 29.5. The molecule has 0 N–H and O–H groups in total. The van der Waals surface area contributed by atoms with Gasteiger partial charge < -0.3 is 0 Å². The molecule has 0 saturated carbocycles. The van der Waals surface area contributed by atoms with E-state index in [1.54, 1.807) is 17.7 Å². The first-order chi connectivity index (χ1) is 21.3. The van der Waals surface area contributed by atoms with Gasteiger partial charge in [-0.2, -0.15) is 0 Å². The summed E-state index contributed by atoms with van der Waals surface area (Å²) in [5.74, 6) is 1.91. The molecule has 0 aliphatic heterocycles. The minimum Gasteiger partial charge on any atom is -0.245 e. The van der Waals surface area contributed by atoms with Gasteiger partial charge in [0.2, 0.25) is 0 Å². The van der Waals surface area contributed by atoms with Crippen molar-refractivity contribution in [2.75, 3.05) is 0 Å². The third-order valence-electron chi connectivity index (χ3n) is 7.33. The van der Waals surface area contributed by atoms with E-state index in [9.17, 15) is 0 Å². The molecule has 8 rings (SSSR count). The van der Waals surface area contributed by atoms with Gasteiger partial charge in [0.1, 0.15) is 11.2 Å². The SMILES string of the molecule is c1ccc(-c2nc(-c3ccccc3)nc(-c3ccc(-c4cnc5sc6c(-c7ccccc7)ncnc6c5c4)cc3)n2)cc1. The summed E-state index contributed by atoms with van der Waals surface area (Å²) in [5.41, 5.74) is 7.80. The molecule has 0 fully saturated rings. The number of hydrogen-bond acceptors (Lipinski definition) is 7. The summed E-state index contributed by atoms with van der Waals surface area (Å²) < 4.78 is 1.04. The number of benzene rings is 4. The maximum atomic E-state index is 4.86. The van der Waals surface area contributed by atoms with Gasteiger partial charge >= 0.3 is 0 Å². The fraction of sp³-hybridized carbons (Fsp3) is 0. The second-order valence-corrected chi connectivity index (χ2v) is 11.1. The van der Waals surface area contributed by atoms with E-state index >= 15 is 0 Å². The lowest BCUT2D eigenvalue weighted by Gasteiger charge is -2.09. The van der Waals surface area contributed by atoms with Crippen molar-refractivity contribution >= 4 is 31.8 Å². The second-order valence-electron chi connectivity index (χ2n) is 10.1. The van der Waals surface area contributed by atoms with Crippen molar-refractivity contribution in [1.82, 2.24) is 29.9 Å². The smallest absolute Gasteiger partial charge is 0.164 e. The molecular weight excluding hydrogens is 549 g/mol. The van der Waals surface area contributed by atoms with Crippen molar-refractivity contribution in [3.8, 4) is 56.5 Å². The van der Waals surface area contributed by atoms with Crippen LogP contribution >= 0.6 is 11.3 Å². The molecule has 6 nitrogen and oxygen atoms in total. The van der Waals surface area contributed by atoms with Crippen LogP contribution in [0.4, 0.5) is 0 Å². The van der Waals surface area contributed by atoms with Crippen molar-refractivity contribution < 1.29 is 0 Å². The summed E-state index contributed by atoms with van der Waals surface area (Å²) in [7, 11) is 0.